The van der Waals surface area contributed by atoms with Crippen LogP contribution in [0.1, 0.15) is 23.6 Å². The van der Waals surface area contributed by atoms with Gasteiger partial charge in [0, 0.05) is 28.8 Å². The van der Waals surface area contributed by atoms with Crippen molar-refractivity contribution in [2.45, 2.75) is 38.1 Å². The molecule has 7 heteroatoms. The average Bonchev–Trinajstić information content (AvgIpc) is 3.00. The number of nitrogens with one attached hydrogen (secondary N) is 2. The summed E-state index contributed by atoms with van der Waals surface area (Å²) in [5, 5.41) is 6.53. The molecule has 0 bridgehead atoms. The molecule has 1 heterocycles. The Morgan fingerprint density at radius 2 is 1.92 bits per heavy atom. The van der Waals surface area contributed by atoms with Crippen LogP contribution in [-0.2, 0) is 16.3 Å². The maximum Gasteiger partial charge on any atom is 0.191 e. The van der Waals surface area contributed by atoms with E-state index in [9.17, 15) is 8.42 Å². The summed E-state index contributed by atoms with van der Waals surface area (Å²) in [6.45, 7) is 7.14. The van der Waals surface area contributed by atoms with Crippen molar-refractivity contribution >= 4 is 27.1 Å². The Labute approximate surface area is 160 Å². The fourth-order valence-corrected chi connectivity index (χ4v) is 4.68. The second kappa shape index (κ2) is 9.73. The predicted molar refractivity (Wildman–Crippen MR) is 110 cm³/mol. The molecular formula is C19H27N3O2S2. The Hall–Kier alpha value is -1.86. The molecule has 2 aromatic rings. The lowest BCUT2D eigenvalue weighted by molar-refractivity contribution is 0.595. The van der Waals surface area contributed by atoms with E-state index in [4.69, 9.17) is 0 Å². The number of aliphatic imine (C=N–C) groups is 1. The Morgan fingerprint density at radius 3 is 2.54 bits per heavy atom. The highest BCUT2D eigenvalue weighted by Crippen LogP contribution is 2.16. The average molecular weight is 394 g/mol. The lowest BCUT2D eigenvalue weighted by Crippen LogP contribution is -2.43. The fraction of sp³-hybridized carbons (Fsp3) is 0.421. The molecule has 1 atom stereocenters. The van der Waals surface area contributed by atoms with Crippen LogP contribution in [-0.4, -0.2) is 39.3 Å². The number of aryl methyl sites for hydroxylation is 1. The Morgan fingerprint density at radius 1 is 1.19 bits per heavy atom. The Balaban J connectivity index is 1.93. The van der Waals surface area contributed by atoms with Crippen molar-refractivity contribution in [3.63, 3.8) is 0 Å². The number of hydrogen-bond donors (Lipinski definition) is 2. The molecule has 0 aliphatic rings. The van der Waals surface area contributed by atoms with Gasteiger partial charge >= 0.3 is 0 Å². The first-order valence-corrected chi connectivity index (χ1v) is 11.3. The molecule has 0 radical (unpaired) electrons. The lowest BCUT2D eigenvalue weighted by Gasteiger charge is -2.17. The third-order valence-electron chi connectivity index (χ3n) is 3.76. The summed E-state index contributed by atoms with van der Waals surface area (Å²) in [6, 6.07) is 13.0. The normalized spacial score (nSPS) is 13.4. The zero-order valence-corrected chi connectivity index (χ0v) is 17.2. The van der Waals surface area contributed by atoms with Crippen molar-refractivity contribution in [3.8, 4) is 0 Å². The van der Waals surface area contributed by atoms with Gasteiger partial charge in [0.2, 0.25) is 0 Å². The van der Waals surface area contributed by atoms with Gasteiger partial charge in [-0.05, 0) is 45.0 Å². The number of benzene rings is 1. The molecule has 0 spiro atoms. The predicted octanol–water partition coefficient (Wildman–Crippen LogP) is 3.02. The molecule has 0 saturated heterocycles. The quantitative estimate of drug-likeness (QED) is 0.534. The van der Waals surface area contributed by atoms with E-state index in [2.05, 4.69) is 41.6 Å². The molecule has 1 aromatic heterocycles. The highest BCUT2D eigenvalue weighted by molar-refractivity contribution is 7.91. The van der Waals surface area contributed by atoms with Crippen LogP contribution < -0.4 is 10.6 Å². The van der Waals surface area contributed by atoms with Gasteiger partial charge in [-0.1, -0.05) is 18.2 Å². The van der Waals surface area contributed by atoms with Gasteiger partial charge in [-0.2, -0.15) is 0 Å². The number of rotatable bonds is 8. The number of thiophene rings is 1. The van der Waals surface area contributed by atoms with E-state index in [0.29, 0.717) is 10.9 Å². The molecule has 0 saturated carbocycles. The van der Waals surface area contributed by atoms with Crippen LogP contribution in [0.4, 0.5) is 0 Å². The minimum atomic E-state index is -3.31. The monoisotopic (exact) mass is 393 g/mol. The SMILES string of the molecule is CCNC(=NCCS(=O)(=O)c1ccccc1)NC(C)Cc1ccc(C)s1. The van der Waals surface area contributed by atoms with Crippen LogP contribution in [0.15, 0.2) is 52.4 Å². The van der Waals surface area contributed by atoms with Crippen molar-refractivity contribution in [2.24, 2.45) is 4.99 Å². The summed E-state index contributed by atoms with van der Waals surface area (Å²) < 4.78 is 24.7. The summed E-state index contributed by atoms with van der Waals surface area (Å²) in [7, 11) is -3.31. The van der Waals surface area contributed by atoms with Crippen molar-refractivity contribution in [1.82, 2.24) is 10.6 Å². The Bertz CT molecular complexity index is 814. The summed E-state index contributed by atoms with van der Waals surface area (Å²) in [5.74, 6) is 0.642. The number of guanidine groups is 1. The zero-order chi connectivity index (χ0) is 19.0. The lowest BCUT2D eigenvalue weighted by atomic mass is 10.2. The second-order valence-electron chi connectivity index (χ2n) is 6.15. The molecule has 1 unspecified atom stereocenters. The molecule has 1 aromatic carbocycles. The second-order valence-corrected chi connectivity index (χ2v) is 9.64. The molecular weight excluding hydrogens is 366 g/mol. The molecule has 0 aliphatic heterocycles. The summed E-state index contributed by atoms with van der Waals surface area (Å²) in [4.78, 5) is 7.40. The van der Waals surface area contributed by atoms with Gasteiger partial charge in [-0.3, -0.25) is 4.99 Å². The van der Waals surface area contributed by atoms with Gasteiger partial charge in [-0.15, -0.1) is 11.3 Å². The first-order chi connectivity index (χ1) is 12.4. The van der Waals surface area contributed by atoms with Gasteiger partial charge in [0.1, 0.15) is 0 Å². The summed E-state index contributed by atoms with van der Waals surface area (Å²) in [5.41, 5.74) is 0. The highest BCUT2D eigenvalue weighted by Gasteiger charge is 2.13. The minimum Gasteiger partial charge on any atom is -0.357 e. The van der Waals surface area contributed by atoms with Gasteiger partial charge in [-0.25, -0.2) is 8.42 Å². The topological polar surface area (TPSA) is 70.6 Å². The maximum atomic E-state index is 12.3. The largest absolute Gasteiger partial charge is 0.357 e. The van der Waals surface area contributed by atoms with E-state index in [1.165, 1.54) is 9.75 Å². The molecule has 2 rings (SSSR count). The van der Waals surface area contributed by atoms with Gasteiger partial charge in [0.25, 0.3) is 0 Å². The van der Waals surface area contributed by atoms with Gasteiger partial charge in [0.15, 0.2) is 15.8 Å². The highest BCUT2D eigenvalue weighted by atomic mass is 32.2. The molecule has 26 heavy (non-hydrogen) atoms. The van der Waals surface area contributed by atoms with E-state index < -0.39 is 9.84 Å². The fourth-order valence-electron chi connectivity index (χ4n) is 2.52. The summed E-state index contributed by atoms with van der Waals surface area (Å²) in [6.07, 6.45) is 0.908. The van der Waals surface area contributed by atoms with Crippen molar-refractivity contribution in [2.75, 3.05) is 18.8 Å². The number of sulfone groups is 1. The van der Waals surface area contributed by atoms with Crippen LogP contribution in [0.25, 0.3) is 0 Å². The Kier molecular flexibility index (Phi) is 7.66. The van der Waals surface area contributed by atoms with Crippen LogP contribution in [0.5, 0.6) is 0 Å². The van der Waals surface area contributed by atoms with Crippen LogP contribution in [0.3, 0.4) is 0 Å². The van der Waals surface area contributed by atoms with E-state index in [1.807, 2.05) is 6.92 Å². The standard InChI is InChI=1S/C19H27N3O2S2/c1-4-20-19(22-15(2)14-17-11-10-16(3)25-17)21-12-13-26(23,24)18-8-6-5-7-9-18/h5-11,15H,4,12-14H2,1-3H3,(H2,20,21,22). The first-order valence-electron chi connectivity index (χ1n) is 8.78. The van der Waals surface area contributed by atoms with Crippen molar-refractivity contribution < 1.29 is 8.42 Å². The van der Waals surface area contributed by atoms with E-state index >= 15 is 0 Å². The molecule has 0 amide bonds. The number of nitrogens with zero attached hydrogens (tertiary/aromatic N) is 1. The van der Waals surface area contributed by atoms with Gasteiger partial charge in [0.05, 0.1) is 17.2 Å². The molecule has 0 aliphatic carbocycles. The molecule has 0 fully saturated rings. The van der Waals surface area contributed by atoms with Gasteiger partial charge < -0.3 is 10.6 Å². The zero-order valence-electron chi connectivity index (χ0n) is 15.5. The minimum absolute atomic E-state index is 0.00785. The molecule has 142 valence electrons. The smallest absolute Gasteiger partial charge is 0.191 e. The van der Waals surface area contributed by atoms with E-state index in [1.54, 1.807) is 41.7 Å². The molecule has 5 nitrogen and oxygen atoms in total. The van der Waals surface area contributed by atoms with Crippen molar-refractivity contribution in [1.29, 1.82) is 0 Å². The van der Waals surface area contributed by atoms with E-state index in [0.717, 1.165) is 13.0 Å². The molecule has 2 N–H and O–H groups in total. The number of hydrogen-bond acceptors (Lipinski definition) is 4. The van der Waals surface area contributed by atoms with Crippen LogP contribution in [0.2, 0.25) is 0 Å². The van der Waals surface area contributed by atoms with E-state index in [-0.39, 0.29) is 18.3 Å². The summed E-state index contributed by atoms with van der Waals surface area (Å²) >= 11 is 1.80. The third kappa shape index (κ3) is 6.46. The van der Waals surface area contributed by atoms with Crippen molar-refractivity contribution in [3.05, 3.63) is 52.2 Å². The third-order valence-corrected chi connectivity index (χ3v) is 6.50. The van der Waals surface area contributed by atoms with Crippen LogP contribution >= 0.6 is 11.3 Å². The first kappa shape index (κ1) is 20.5. The maximum absolute atomic E-state index is 12.3. The van der Waals surface area contributed by atoms with Crippen LogP contribution in [0, 0.1) is 6.92 Å².